The molecule has 72 valence electrons. The van der Waals surface area contributed by atoms with Crippen LogP contribution in [0.15, 0.2) is 12.4 Å². The van der Waals surface area contributed by atoms with Crippen LogP contribution in [0, 0.1) is 0 Å². The Balaban J connectivity index is 2.33. The van der Waals surface area contributed by atoms with E-state index in [1.807, 2.05) is 25.0 Å². The normalized spacial score (nSPS) is 33.9. The summed E-state index contributed by atoms with van der Waals surface area (Å²) >= 11 is 1.82. The molecular weight excluding hydrogens is 184 g/mol. The topological polar surface area (TPSA) is 38.1 Å². The zero-order valence-electron chi connectivity index (χ0n) is 7.90. The van der Waals surface area contributed by atoms with E-state index in [1.54, 1.807) is 10.9 Å². The number of nitrogens with zero attached hydrogens (tertiary/aromatic N) is 2. The first-order valence-electron chi connectivity index (χ1n) is 4.46. The molecule has 0 aliphatic carbocycles. The van der Waals surface area contributed by atoms with Crippen LogP contribution in [0.3, 0.4) is 0 Å². The van der Waals surface area contributed by atoms with E-state index in [-0.39, 0.29) is 5.25 Å². The van der Waals surface area contributed by atoms with Crippen molar-refractivity contribution in [1.82, 2.24) is 9.78 Å². The minimum Gasteiger partial charge on any atom is -0.384 e. The Bertz CT molecular complexity index is 312. The van der Waals surface area contributed by atoms with Crippen LogP contribution < -0.4 is 0 Å². The molecule has 1 N–H and O–H groups in total. The maximum absolute atomic E-state index is 10.4. The fourth-order valence-electron chi connectivity index (χ4n) is 1.76. The molecule has 2 atom stereocenters. The number of thioether (sulfide) groups is 1. The van der Waals surface area contributed by atoms with Gasteiger partial charge >= 0.3 is 0 Å². The van der Waals surface area contributed by atoms with E-state index in [1.165, 1.54) is 0 Å². The summed E-state index contributed by atoms with van der Waals surface area (Å²) in [5.74, 6) is 1.03. The van der Waals surface area contributed by atoms with Gasteiger partial charge in [0.25, 0.3) is 0 Å². The minimum atomic E-state index is -0.654. The molecule has 0 radical (unpaired) electrons. The van der Waals surface area contributed by atoms with Crippen molar-refractivity contribution in [3.8, 4) is 0 Å². The average molecular weight is 198 g/mol. The van der Waals surface area contributed by atoms with Crippen LogP contribution in [0.5, 0.6) is 0 Å². The molecule has 2 rings (SSSR count). The fourth-order valence-corrected chi connectivity index (χ4v) is 3.07. The van der Waals surface area contributed by atoms with Gasteiger partial charge in [-0.25, -0.2) is 0 Å². The Hall–Kier alpha value is -0.480. The van der Waals surface area contributed by atoms with Gasteiger partial charge in [0.1, 0.15) is 5.60 Å². The molecule has 0 amide bonds. The van der Waals surface area contributed by atoms with Crippen molar-refractivity contribution in [2.45, 2.75) is 24.2 Å². The van der Waals surface area contributed by atoms with Crippen LogP contribution in [-0.4, -0.2) is 25.9 Å². The molecule has 1 fully saturated rings. The first-order valence-corrected chi connectivity index (χ1v) is 5.51. The summed E-state index contributed by atoms with van der Waals surface area (Å²) < 4.78 is 1.74. The van der Waals surface area contributed by atoms with E-state index >= 15 is 0 Å². The van der Waals surface area contributed by atoms with Crippen molar-refractivity contribution in [2.75, 3.05) is 5.75 Å². The van der Waals surface area contributed by atoms with Crippen LogP contribution in [0.1, 0.15) is 18.9 Å². The average Bonchev–Trinajstić information content (AvgIpc) is 2.62. The van der Waals surface area contributed by atoms with Gasteiger partial charge in [-0.1, -0.05) is 6.92 Å². The molecule has 3 nitrogen and oxygen atoms in total. The smallest absolute Gasteiger partial charge is 0.105 e. The van der Waals surface area contributed by atoms with Gasteiger partial charge < -0.3 is 5.11 Å². The van der Waals surface area contributed by atoms with Gasteiger partial charge in [0.2, 0.25) is 0 Å². The third-order valence-electron chi connectivity index (χ3n) is 2.73. The highest BCUT2D eigenvalue weighted by Crippen LogP contribution is 2.42. The highest BCUT2D eigenvalue weighted by atomic mass is 32.2. The van der Waals surface area contributed by atoms with Gasteiger partial charge in [-0.05, 0) is 12.2 Å². The maximum Gasteiger partial charge on any atom is 0.105 e. The van der Waals surface area contributed by atoms with Crippen molar-refractivity contribution in [3.05, 3.63) is 18.0 Å². The largest absolute Gasteiger partial charge is 0.384 e. The number of hydrogen-bond donors (Lipinski definition) is 1. The van der Waals surface area contributed by atoms with E-state index in [9.17, 15) is 5.11 Å². The molecule has 0 saturated carbocycles. The molecule has 13 heavy (non-hydrogen) atoms. The van der Waals surface area contributed by atoms with Gasteiger partial charge in [0.05, 0.1) is 6.20 Å². The van der Waals surface area contributed by atoms with E-state index in [0.717, 1.165) is 17.7 Å². The molecule has 0 aromatic carbocycles. The van der Waals surface area contributed by atoms with Crippen LogP contribution in [-0.2, 0) is 12.6 Å². The van der Waals surface area contributed by atoms with Crippen LogP contribution in [0.2, 0.25) is 0 Å². The molecule has 1 aromatic heterocycles. The third-order valence-corrected chi connectivity index (χ3v) is 4.06. The van der Waals surface area contributed by atoms with Crippen LogP contribution in [0.4, 0.5) is 0 Å². The molecule has 4 heteroatoms. The number of aliphatic hydroxyl groups is 1. The Morgan fingerprint density at radius 1 is 1.77 bits per heavy atom. The van der Waals surface area contributed by atoms with Gasteiger partial charge in [-0.15, -0.1) is 0 Å². The second-order valence-electron chi connectivity index (χ2n) is 3.59. The Morgan fingerprint density at radius 3 is 3.00 bits per heavy atom. The summed E-state index contributed by atoms with van der Waals surface area (Å²) in [7, 11) is 1.87. The van der Waals surface area contributed by atoms with Crippen LogP contribution >= 0.6 is 11.8 Å². The van der Waals surface area contributed by atoms with Gasteiger partial charge in [-0.2, -0.15) is 16.9 Å². The number of rotatable bonds is 1. The van der Waals surface area contributed by atoms with Crippen molar-refractivity contribution in [2.24, 2.45) is 7.05 Å². The molecule has 1 aromatic rings. The lowest BCUT2D eigenvalue weighted by molar-refractivity contribution is 0.0426. The molecule has 1 saturated heterocycles. The van der Waals surface area contributed by atoms with Crippen molar-refractivity contribution in [1.29, 1.82) is 0 Å². The van der Waals surface area contributed by atoms with E-state index in [4.69, 9.17) is 0 Å². The highest BCUT2D eigenvalue weighted by molar-refractivity contribution is 8.00. The summed E-state index contributed by atoms with van der Waals surface area (Å²) in [6.45, 7) is 2.07. The summed E-state index contributed by atoms with van der Waals surface area (Å²) in [5, 5.41) is 14.7. The van der Waals surface area contributed by atoms with E-state index in [0.29, 0.717) is 0 Å². The molecule has 2 unspecified atom stereocenters. The third kappa shape index (κ3) is 1.38. The first-order chi connectivity index (χ1) is 6.13. The minimum absolute atomic E-state index is 0.275. The summed E-state index contributed by atoms with van der Waals surface area (Å²) in [6, 6.07) is 0. The van der Waals surface area contributed by atoms with Crippen molar-refractivity contribution in [3.63, 3.8) is 0 Å². The molecule has 0 spiro atoms. The predicted octanol–water partition coefficient (Wildman–Crippen LogP) is 1.13. The van der Waals surface area contributed by atoms with E-state index < -0.39 is 5.60 Å². The van der Waals surface area contributed by atoms with Crippen molar-refractivity contribution >= 4 is 11.8 Å². The lowest BCUT2D eigenvalue weighted by atomic mass is 9.91. The number of hydrogen-bond acceptors (Lipinski definition) is 3. The monoisotopic (exact) mass is 198 g/mol. The molecular formula is C9H14N2OS. The standard InChI is InChI=1S/C9H14N2OS/c1-7-9(12,3-4-13-7)8-5-10-11(2)6-8/h5-7,12H,3-4H2,1-2H3. The Morgan fingerprint density at radius 2 is 2.54 bits per heavy atom. The second kappa shape index (κ2) is 3.03. The SMILES string of the molecule is CC1SCCC1(O)c1cnn(C)c1. The molecule has 1 aliphatic heterocycles. The van der Waals surface area contributed by atoms with E-state index in [2.05, 4.69) is 12.0 Å². The summed E-state index contributed by atoms with van der Waals surface area (Å²) in [4.78, 5) is 0. The summed E-state index contributed by atoms with van der Waals surface area (Å²) in [6.07, 6.45) is 4.51. The predicted molar refractivity (Wildman–Crippen MR) is 53.6 cm³/mol. The molecule has 2 heterocycles. The lowest BCUT2D eigenvalue weighted by Gasteiger charge is -2.25. The summed E-state index contributed by atoms with van der Waals surface area (Å²) in [5.41, 5.74) is 0.298. The lowest BCUT2D eigenvalue weighted by Crippen LogP contribution is -2.30. The number of aromatic nitrogens is 2. The first kappa shape index (κ1) is 9.09. The zero-order valence-corrected chi connectivity index (χ0v) is 8.71. The maximum atomic E-state index is 10.4. The zero-order chi connectivity index (χ0) is 9.47. The van der Waals surface area contributed by atoms with Gasteiger partial charge in [0, 0.05) is 24.1 Å². The quantitative estimate of drug-likeness (QED) is 0.735. The second-order valence-corrected chi connectivity index (χ2v) is 5.04. The number of aryl methyl sites for hydroxylation is 1. The Kier molecular flexibility index (Phi) is 2.12. The molecule has 1 aliphatic rings. The van der Waals surface area contributed by atoms with Gasteiger partial charge in [-0.3, -0.25) is 4.68 Å². The van der Waals surface area contributed by atoms with Crippen LogP contribution in [0.25, 0.3) is 0 Å². The Labute approximate surface area is 82.1 Å². The van der Waals surface area contributed by atoms with Gasteiger partial charge in [0.15, 0.2) is 0 Å². The van der Waals surface area contributed by atoms with Crippen molar-refractivity contribution < 1.29 is 5.11 Å². The fraction of sp³-hybridized carbons (Fsp3) is 0.667. The highest BCUT2D eigenvalue weighted by Gasteiger charge is 2.41. The molecule has 0 bridgehead atoms.